The summed E-state index contributed by atoms with van der Waals surface area (Å²) in [6.07, 6.45) is 4.74. The van der Waals surface area contributed by atoms with Crippen LogP contribution in [0.4, 0.5) is 0 Å². The lowest BCUT2D eigenvalue weighted by Gasteiger charge is -2.27. The number of thiophene rings is 1. The third kappa shape index (κ3) is 2.98. The van der Waals surface area contributed by atoms with Crippen molar-refractivity contribution in [1.82, 2.24) is 5.32 Å². The van der Waals surface area contributed by atoms with Gasteiger partial charge in [0.15, 0.2) is 5.78 Å². The van der Waals surface area contributed by atoms with Crippen LogP contribution >= 0.6 is 27.3 Å². The average Bonchev–Trinajstić information content (AvgIpc) is 2.89. The highest BCUT2D eigenvalue weighted by Gasteiger charge is 2.39. The van der Waals surface area contributed by atoms with Gasteiger partial charge in [0, 0.05) is 11.3 Å². The van der Waals surface area contributed by atoms with E-state index in [2.05, 4.69) is 28.2 Å². The van der Waals surface area contributed by atoms with Gasteiger partial charge in [0.25, 0.3) is 0 Å². The van der Waals surface area contributed by atoms with Crippen molar-refractivity contribution >= 4 is 33.0 Å². The van der Waals surface area contributed by atoms with Crippen molar-refractivity contribution in [2.24, 2.45) is 0 Å². The van der Waals surface area contributed by atoms with E-state index >= 15 is 0 Å². The van der Waals surface area contributed by atoms with Crippen molar-refractivity contribution in [3.05, 3.63) is 20.8 Å². The van der Waals surface area contributed by atoms with Gasteiger partial charge in [-0.2, -0.15) is 0 Å². The van der Waals surface area contributed by atoms with Crippen LogP contribution in [0.25, 0.3) is 0 Å². The van der Waals surface area contributed by atoms with Gasteiger partial charge in [-0.3, -0.25) is 4.79 Å². The van der Waals surface area contributed by atoms with Gasteiger partial charge < -0.3 is 5.32 Å². The van der Waals surface area contributed by atoms with Crippen LogP contribution in [-0.4, -0.2) is 17.9 Å². The monoisotopic (exact) mass is 315 g/mol. The van der Waals surface area contributed by atoms with Crippen LogP contribution in [0.15, 0.2) is 15.9 Å². The van der Waals surface area contributed by atoms with Gasteiger partial charge >= 0.3 is 0 Å². The molecule has 0 aromatic carbocycles. The third-order valence-electron chi connectivity index (χ3n) is 3.42. The number of carbonyl (C=O) groups excluding carboxylic acids is 1. The summed E-state index contributed by atoms with van der Waals surface area (Å²) in [6.45, 7) is 3.14. The molecule has 1 aromatic rings. The zero-order valence-electron chi connectivity index (χ0n) is 10.1. The van der Waals surface area contributed by atoms with Crippen LogP contribution in [0.1, 0.15) is 37.5 Å². The van der Waals surface area contributed by atoms with Gasteiger partial charge in [-0.25, -0.2) is 0 Å². The molecule has 2 rings (SSSR count). The Morgan fingerprint density at radius 3 is 2.94 bits per heavy atom. The van der Waals surface area contributed by atoms with E-state index in [-0.39, 0.29) is 5.54 Å². The molecule has 1 unspecified atom stereocenters. The SMILES string of the molecule is CCCC1(C(=O)Cc2ccc(Br)s2)CCCN1. The molecular formula is C13H18BrNOS. The van der Waals surface area contributed by atoms with Crippen LogP contribution in [0.5, 0.6) is 0 Å². The molecule has 1 fully saturated rings. The van der Waals surface area contributed by atoms with Gasteiger partial charge in [-0.1, -0.05) is 13.3 Å². The Morgan fingerprint density at radius 1 is 1.59 bits per heavy atom. The van der Waals surface area contributed by atoms with Gasteiger partial charge in [-0.05, 0) is 53.9 Å². The second-order valence-corrected chi connectivity index (χ2v) is 7.22. The Hall–Kier alpha value is -0.190. The number of hydrogen-bond donors (Lipinski definition) is 1. The average molecular weight is 316 g/mol. The van der Waals surface area contributed by atoms with E-state index in [9.17, 15) is 4.79 Å². The first-order valence-corrected chi connectivity index (χ1v) is 7.80. The van der Waals surface area contributed by atoms with E-state index in [1.807, 2.05) is 12.1 Å². The lowest BCUT2D eigenvalue weighted by Crippen LogP contribution is -2.48. The van der Waals surface area contributed by atoms with E-state index in [1.165, 1.54) is 0 Å². The summed E-state index contributed by atoms with van der Waals surface area (Å²) in [5.74, 6) is 0.367. The molecule has 1 N–H and O–H groups in total. The van der Waals surface area contributed by atoms with Crippen molar-refractivity contribution in [3.63, 3.8) is 0 Å². The maximum Gasteiger partial charge on any atom is 0.158 e. The molecule has 2 heterocycles. The van der Waals surface area contributed by atoms with Crippen molar-refractivity contribution in [2.45, 2.75) is 44.6 Å². The summed E-state index contributed by atoms with van der Waals surface area (Å²) in [5, 5.41) is 3.44. The lowest BCUT2D eigenvalue weighted by atomic mass is 9.85. The topological polar surface area (TPSA) is 29.1 Å². The maximum absolute atomic E-state index is 12.5. The smallest absolute Gasteiger partial charge is 0.158 e. The normalized spacial score (nSPS) is 24.1. The Bertz CT molecular complexity index is 396. The van der Waals surface area contributed by atoms with Crippen LogP contribution in [0.2, 0.25) is 0 Å². The van der Waals surface area contributed by atoms with E-state index in [0.29, 0.717) is 12.2 Å². The molecule has 0 spiro atoms. The first-order chi connectivity index (χ1) is 8.16. The number of Topliss-reactive ketones (excluding diaryl/α,β-unsaturated/α-hetero) is 1. The second-order valence-electron chi connectivity index (χ2n) is 4.67. The van der Waals surface area contributed by atoms with Gasteiger partial charge in [0.2, 0.25) is 0 Å². The summed E-state index contributed by atoms with van der Waals surface area (Å²) >= 11 is 5.10. The Kier molecular flexibility index (Phi) is 4.39. The molecule has 1 saturated heterocycles. The minimum absolute atomic E-state index is 0.231. The summed E-state index contributed by atoms with van der Waals surface area (Å²) in [7, 11) is 0. The second kappa shape index (κ2) is 5.63. The van der Waals surface area contributed by atoms with Crippen molar-refractivity contribution in [1.29, 1.82) is 0 Å². The van der Waals surface area contributed by atoms with Crippen LogP contribution in [0.3, 0.4) is 0 Å². The Morgan fingerprint density at radius 2 is 2.41 bits per heavy atom. The minimum Gasteiger partial charge on any atom is -0.305 e. The molecule has 1 aliphatic heterocycles. The fourth-order valence-electron chi connectivity index (χ4n) is 2.60. The van der Waals surface area contributed by atoms with Gasteiger partial charge in [0.05, 0.1) is 9.33 Å². The molecule has 0 amide bonds. The number of ketones is 1. The molecule has 1 aliphatic rings. The Labute approximate surface area is 115 Å². The molecule has 2 nitrogen and oxygen atoms in total. The largest absolute Gasteiger partial charge is 0.305 e. The molecule has 0 aliphatic carbocycles. The quantitative estimate of drug-likeness (QED) is 0.900. The third-order valence-corrected chi connectivity index (χ3v) is 5.04. The lowest BCUT2D eigenvalue weighted by molar-refractivity contribution is -0.124. The maximum atomic E-state index is 12.5. The molecule has 17 heavy (non-hydrogen) atoms. The van der Waals surface area contributed by atoms with Gasteiger partial charge in [0.1, 0.15) is 0 Å². The number of hydrogen-bond acceptors (Lipinski definition) is 3. The highest BCUT2D eigenvalue weighted by molar-refractivity contribution is 9.11. The van der Waals surface area contributed by atoms with Gasteiger partial charge in [-0.15, -0.1) is 11.3 Å². The predicted octanol–water partition coefficient (Wildman–Crippen LogP) is 3.54. The minimum atomic E-state index is -0.231. The fourth-order valence-corrected chi connectivity index (χ4v) is 4.08. The van der Waals surface area contributed by atoms with Crippen molar-refractivity contribution < 1.29 is 4.79 Å². The molecule has 1 atom stereocenters. The zero-order valence-corrected chi connectivity index (χ0v) is 12.5. The van der Waals surface area contributed by atoms with E-state index < -0.39 is 0 Å². The summed E-state index contributed by atoms with van der Waals surface area (Å²) in [6, 6.07) is 4.06. The number of rotatable bonds is 5. The molecule has 94 valence electrons. The van der Waals surface area contributed by atoms with Crippen LogP contribution < -0.4 is 5.32 Å². The molecule has 0 radical (unpaired) electrons. The highest BCUT2D eigenvalue weighted by Crippen LogP contribution is 2.29. The molecule has 0 saturated carbocycles. The predicted molar refractivity (Wildman–Crippen MR) is 75.6 cm³/mol. The fraction of sp³-hybridized carbons (Fsp3) is 0.615. The van der Waals surface area contributed by atoms with Crippen LogP contribution in [0, 0.1) is 0 Å². The number of carbonyl (C=O) groups is 1. The molecular weight excluding hydrogens is 298 g/mol. The number of halogens is 1. The van der Waals surface area contributed by atoms with E-state index in [4.69, 9.17) is 0 Å². The first kappa shape index (κ1) is 13.2. The number of nitrogens with one attached hydrogen (secondary N) is 1. The van der Waals surface area contributed by atoms with Crippen molar-refractivity contribution in [2.75, 3.05) is 6.54 Å². The van der Waals surface area contributed by atoms with Crippen molar-refractivity contribution in [3.8, 4) is 0 Å². The van der Waals surface area contributed by atoms with E-state index in [0.717, 1.165) is 40.9 Å². The standard InChI is InChI=1S/C13H18BrNOS/c1-2-6-13(7-3-8-15-13)11(16)9-10-4-5-12(14)17-10/h4-5,15H,2-3,6-9H2,1H3. The highest BCUT2D eigenvalue weighted by atomic mass is 79.9. The summed E-state index contributed by atoms with van der Waals surface area (Å²) < 4.78 is 1.10. The summed E-state index contributed by atoms with van der Waals surface area (Å²) in [5.41, 5.74) is -0.231. The zero-order chi connectivity index (χ0) is 12.3. The molecule has 0 bridgehead atoms. The molecule has 4 heteroatoms. The van der Waals surface area contributed by atoms with Crippen LogP contribution in [-0.2, 0) is 11.2 Å². The first-order valence-electron chi connectivity index (χ1n) is 6.19. The molecule has 1 aromatic heterocycles. The van der Waals surface area contributed by atoms with E-state index in [1.54, 1.807) is 11.3 Å². The summed E-state index contributed by atoms with van der Waals surface area (Å²) in [4.78, 5) is 13.6. The Balaban J connectivity index is 2.06.